The van der Waals surface area contributed by atoms with Crippen LogP contribution in [0.2, 0.25) is 0 Å². The van der Waals surface area contributed by atoms with Crippen molar-refractivity contribution in [1.29, 1.82) is 0 Å². The molecule has 0 atom stereocenters. The van der Waals surface area contributed by atoms with Crippen LogP contribution in [0.1, 0.15) is 43.2 Å². The van der Waals surface area contributed by atoms with Gasteiger partial charge in [0.25, 0.3) is 0 Å². The zero-order valence-electron chi connectivity index (χ0n) is 22.1. The molecule has 0 unspecified atom stereocenters. The molecule has 4 aromatic rings. The summed E-state index contributed by atoms with van der Waals surface area (Å²) in [6.07, 6.45) is 8.03. The minimum absolute atomic E-state index is 0.0476. The zero-order valence-corrected chi connectivity index (χ0v) is 23.0. The molecule has 0 saturated heterocycles. The number of aryl methyl sites for hydroxylation is 1. The molecule has 0 spiro atoms. The predicted octanol–water partition coefficient (Wildman–Crippen LogP) is 8.07. The molecular formula is C34H38BP. The zero-order chi connectivity index (χ0) is 24.9. The van der Waals surface area contributed by atoms with Crippen LogP contribution < -0.4 is 10.9 Å². The van der Waals surface area contributed by atoms with E-state index in [1.807, 2.05) is 0 Å². The van der Waals surface area contributed by atoms with Gasteiger partial charge in [-0.15, -0.1) is 7.92 Å². The predicted molar refractivity (Wildman–Crippen MR) is 164 cm³/mol. The minimum Gasteiger partial charge on any atom is -0.109 e. The molecule has 0 N–H and O–H groups in total. The van der Waals surface area contributed by atoms with Crippen LogP contribution >= 0.6 is 7.92 Å². The number of hydrogen-bond acceptors (Lipinski definition) is 0. The second kappa shape index (κ2) is 11.6. The van der Waals surface area contributed by atoms with Gasteiger partial charge in [-0.3, -0.25) is 0 Å². The lowest BCUT2D eigenvalue weighted by Crippen LogP contribution is -2.44. The number of benzene rings is 4. The summed E-state index contributed by atoms with van der Waals surface area (Å²) < 4.78 is 0. The molecular weight excluding hydrogens is 450 g/mol. The van der Waals surface area contributed by atoms with Gasteiger partial charge >= 0.3 is 0 Å². The van der Waals surface area contributed by atoms with Crippen LogP contribution in [0.3, 0.4) is 0 Å². The Morgan fingerprint density at radius 3 is 2.06 bits per heavy atom. The van der Waals surface area contributed by atoms with Gasteiger partial charge in [-0.25, -0.2) is 0 Å². The van der Waals surface area contributed by atoms with E-state index in [2.05, 4.69) is 117 Å². The van der Waals surface area contributed by atoms with Gasteiger partial charge in [-0.05, 0) is 67.6 Å². The van der Waals surface area contributed by atoms with E-state index >= 15 is 0 Å². The van der Waals surface area contributed by atoms with Crippen molar-refractivity contribution >= 4 is 41.8 Å². The summed E-state index contributed by atoms with van der Waals surface area (Å²) in [6.45, 7) is 7.34. The van der Waals surface area contributed by atoms with Crippen molar-refractivity contribution in [1.82, 2.24) is 0 Å². The molecule has 0 aromatic heterocycles. The first-order valence-electron chi connectivity index (χ1n) is 13.6. The van der Waals surface area contributed by atoms with Crippen molar-refractivity contribution < 1.29 is 0 Å². The van der Waals surface area contributed by atoms with E-state index in [0.717, 1.165) is 0 Å². The molecule has 5 rings (SSSR count). The monoisotopic (exact) mass is 488 g/mol. The van der Waals surface area contributed by atoms with Gasteiger partial charge in [0.1, 0.15) is 0 Å². The van der Waals surface area contributed by atoms with Gasteiger partial charge in [-0.1, -0.05) is 138 Å². The molecule has 1 aliphatic carbocycles. The number of fused-ring (bicyclic) bond motifs is 1. The number of hydrogen-bond donors (Lipinski definition) is 0. The first kappa shape index (κ1) is 25.0. The molecule has 0 heterocycles. The van der Waals surface area contributed by atoms with E-state index in [1.165, 1.54) is 71.1 Å². The van der Waals surface area contributed by atoms with E-state index in [9.17, 15) is 0 Å². The van der Waals surface area contributed by atoms with Gasteiger partial charge in [0, 0.05) is 0 Å². The Morgan fingerprint density at radius 1 is 0.722 bits per heavy atom. The van der Waals surface area contributed by atoms with Gasteiger partial charge < -0.3 is 0 Å². The van der Waals surface area contributed by atoms with Crippen LogP contribution in [0, 0.1) is 12.8 Å². The van der Waals surface area contributed by atoms with E-state index < -0.39 is 0 Å². The largest absolute Gasteiger partial charge is 0.241 e. The molecule has 182 valence electrons. The third-order valence-electron chi connectivity index (χ3n) is 7.82. The smallest absolute Gasteiger partial charge is 0.109 e. The molecule has 0 bridgehead atoms. The second-order valence-electron chi connectivity index (χ2n) is 10.8. The summed E-state index contributed by atoms with van der Waals surface area (Å²) in [5.74, 6) is 0.696. The molecule has 1 aliphatic rings. The maximum absolute atomic E-state index is 2.46. The Labute approximate surface area is 219 Å². The van der Waals surface area contributed by atoms with Gasteiger partial charge in [0.05, 0.1) is 0 Å². The highest BCUT2D eigenvalue weighted by atomic mass is 31.1. The molecule has 2 heteroatoms. The first-order valence-corrected chi connectivity index (χ1v) is 16.0. The molecule has 4 aromatic carbocycles. The van der Waals surface area contributed by atoms with Crippen molar-refractivity contribution in [2.24, 2.45) is 5.92 Å². The lowest BCUT2D eigenvalue weighted by atomic mass is 9.34. The Kier molecular flexibility index (Phi) is 8.08. The molecule has 0 amide bonds. The van der Waals surface area contributed by atoms with Crippen LogP contribution in [0.4, 0.5) is 0 Å². The second-order valence-corrected chi connectivity index (χ2v) is 13.3. The van der Waals surface area contributed by atoms with Crippen molar-refractivity contribution in [2.45, 2.75) is 39.0 Å². The molecule has 0 radical (unpaired) electrons. The fourth-order valence-corrected chi connectivity index (χ4v) is 7.16. The summed E-state index contributed by atoms with van der Waals surface area (Å²) in [4.78, 5) is 0. The van der Waals surface area contributed by atoms with E-state index in [0.29, 0.717) is 5.92 Å². The minimum atomic E-state index is -0.0476. The SMILES string of the molecule is Cc1ccc(B(/C(=C(\CP(C)C)C2CCCCC2)c2ccc3ccccc3c2)c2ccccc2)cc1. The summed E-state index contributed by atoms with van der Waals surface area (Å²) in [5.41, 5.74) is 8.82. The highest BCUT2D eigenvalue weighted by molar-refractivity contribution is 7.56. The lowest BCUT2D eigenvalue weighted by Gasteiger charge is -2.32. The molecule has 0 nitrogen and oxygen atoms in total. The van der Waals surface area contributed by atoms with E-state index in [1.54, 1.807) is 11.0 Å². The summed E-state index contributed by atoms with van der Waals surface area (Å²) in [6, 6.07) is 36.6. The van der Waals surface area contributed by atoms with E-state index in [4.69, 9.17) is 0 Å². The van der Waals surface area contributed by atoms with Crippen molar-refractivity contribution in [2.75, 3.05) is 19.5 Å². The highest BCUT2D eigenvalue weighted by Gasteiger charge is 2.31. The summed E-state index contributed by atoms with van der Waals surface area (Å²) in [5, 5.41) is 2.65. The van der Waals surface area contributed by atoms with Gasteiger partial charge in [0.15, 0.2) is 0 Å². The Bertz CT molecular complexity index is 1310. The highest BCUT2D eigenvalue weighted by Crippen LogP contribution is 2.41. The van der Waals surface area contributed by atoms with Crippen LogP contribution in [-0.4, -0.2) is 26.2 Å². The molecule has 1 fully saturated rings. The van der Waals surface area contributed by atoms with Crippen LogP contribution in [0.25, 0.3) is 16.2 Å². The van der Waals surface area contributed by atoms with Crippen LogP contribution in [0.15, 0.2) is 103 Å². The standard InChI is InChI=1S/C34H38BP/c1-26-18-22-32(23-19-26)35(31-16-8-5-9-17-31)34(30-21-20-27-12-10-11-15-29(27)24-30)33(25-36(2)3)28-13-6-4-7-14-28/h5,8-12,15-24,28H,4,6-7,13-14,25H2,1-3H3/b34-33+. The fourth-order valence-electron chi connectivity index (χ4n) is 6.05. The normalized spacial score (nSPS) is 15.2. The molecule has 1 saturated carbocycles. The van der Waals surface area contributed by atoms with Gasteiger partial charge in [0.2, 0.25) is 6.71 Å². The topological polar surface area (TPSA) is 0 Å². The molecule has 0 aliphatic heterocycles. The average molecular weight is 488 g/mol. The summed E-state index contributed by atoms with van der Waals surface area (Å²) >= 11 is 0. The fraction of sp³-hybridized carbons (Fsp3) is 0.294. The third-order valence-corrected chi connectivity index (χ3v) is 8.80. The van der Waals surface area contributed by atoms with E-state index in [-0.39, 0.29) is 14.6 Å². The van der Waals surface area contributed by atoms with Crippen molar-refractivity contribution in [3.05, 3.63) is 114 Å². The van der Waals surface area contributed by atoms with Crippen molar-refractivity contribution in [3.63, 3.8) is 0 Å². The number of allylic oxidation sites excluding steroid dienone is 1. The Balaban J connectivity index is 1.81. The molecule has 36 heavy (non-hydrogen) atoms. The maximum atomic E-state index is 2.46. The van der Waals surface area contributed by atoms with Crippen LogP contribution in [-0.2, 0) is 0 Å². The average Bonchev–Trinajstić information content (AvgIpc) is 2.92. The maximum Gasteiger partial charge on any atom is 0.241 e. The van der Waals surface area contributed by atoms with Crippen LogP contribution in [0.5, 0.6) is 0 Å². The van der Waals surface area contributed by atoms with Gasteiger partial charge in [-0.2, -0.15) is 0 Å². The quantitative estimate of drug-likeness (QED) is 0.182. The first-order chi connectivity index (χ1) is 17.6. The Morgan fingerprint density at radius 2 is 1.36 bits per heavy atom. The Hall–Kier alpha value is -2.63. The van der Waals surface area contributed by atoms with Crippen molar-refractivity contribution in [3.8, 4) is 0 Å². The summed E-state index contributed by atoms with van der Waals surface area (Å²) in [7, 11) is -0.0476. The number of rotatable bonds is 7. The lowest BCUT2D eigenvalue weighted by molar-refractivity contribution is 0.405. The third kappa shape index (κ3) is 5.68.